The van der Waals surface area contributed by atoms with Crippen LogP contribution in [-0.4, -0.2) is 27.0 Å². The van der Waals surface area contributed by atoms with Gasteiger partial charge in [-0.15, -0.1) is 0 Å². The Morgan fingerprint density at radius 3 is 2.61 bits per heavy atom. The van der Waals surface area contributed by atoms with Gasteiger partial charge in [0.2, 0.25) is 0 Å². The zero-order valence-electron chi connectivity index (χ0n) is 12.3. The third-order valence-electron chi connectivity index (χ3n) is 3.27. The van der Waals surface area contributed by atoms with Gasteiger partial charge in [0.25, 0.3) is 0 Å². The average molecular weight is 253 g/mol. The maximum Gasteiger partial charge on any atom is 0.0743 e. The smallest absolute Gasteiger partial charge is 0.0743 e. The van der Waals surface area contributed by atoms with Crippen LogP contribution in [0.3, 0.4) is 0 Å². The lowest BCUT2D eigenvalue weighted by Crippen LogP contribution is -2.39. The Morgan fingerprint density at radius 1 is 1.44 bits per heavy atom. The van der Waals surface area contributed by atoms with E-state index in [0.717, 1.165) is 18.4 Å². The summed E-state index contributed by atoms with van der Waals surface area (Å²) in [4.78, 5) is 0. The highest BCUT2D eigenvalue weighted by Crippen LogP contribution is 2.17. The molecule has 0 aliphatic rings. The van der Waals surface area contributed by atoms with Crippen LogP contribution in [-0.2, 0) is 7.05 Å². The molecule has 0 aliphatic heterocycles. The van der Waals surface area contributed by atoms with Crippen LogP contribution >= 0.6 is 0 Å². The molecule has 0 spiro atoms. The van der Waals surface area contributed by atoms with Crippen LogP contribution in [0.15, 0.2) is 12.4 Å². The van der Waals surface area contributed by atoms with Gasteiger partial charge in [0.05, 0.1) is 11.8 Å². The standard InChI is InChI=1S/C14H27N3O/c1-11(2)6-7-14(4,18)10-15-12(3)13-8-16-17(5)9-13/h8-9,11-12,15,18H,6-7,10H2,1-5H3. The van der Waals surface area contributed by atoms with Crippen molar-refractivity contribution in [2.75, 3.05) is 6.54 Å². The normalized spacial score (nSPS) is 16.8. The molecule has 0 bridgehead atoms. The largest absolute Gasteiger partial charge is 0.389 e. The van der Waals surface area contributed by atoms with E-state index in [1.165, 1.54) is 0 Å². The van der Waals surface area contributed by atoms with Gasteiger partial charge in [0, 0.05) is 31.4 Å². The van der Waals surface area contributed by atoms with E-state index in [9.17, 15) is 5.11 Å². The fourth-order valence-electron chi connectivity index (χ4n) is 1.84. The molecule has 104 valence electrons. The highest BCUT2D eigenvalue weighted by atomic mass is 16.3. The highest BCUT2D eigenvalue weighted by Gasteiger charge is 2.21. The van der Waals surface area contributed by atoms with Crippen molar-refractivity contribution in [2.45, 2.75) is 52.2 Å². The second kappa shape index (κ2) is 6.34. The molecule has 1 heterocycles. The van der Waals surface area contributed by atoms with Crippen molar-refractivity contribution >= 4 is 0 Å². The van der Waals surface area contributed by atoms with Crippen LogP contribution < -0.4 is 5.32 Å². The van der Waals surface area contributed by atoms with Gasteiger partial charge >= 0.3 is 0 Å². The van der Waals surface area contributed by atoms with E-state index in [1.807, 2.05) is 26.4 Å². The second-order valence-corrected chi connectivity index (χ2v) is 5.98. The second-order valence-electron chi connectivity index (χ2n) is 5.98. The van der Waals surface area contributed by atoms with Crippen LogP contribution in [0.1, 0.15) is 52.1 Å². The molecule has 0 amide bonds. The first-order valence-corrected chi connectivity index (χ1v) is 6.74. The summed E-state index contributed by atoms with van der Waals surface area (Å²) >= 11 is 0. The van der Waals surface area contributed by atoms with Crippen LogP contribution in [0, 0.1) is 5.92 Å². The summed E-state index contributed by atoms with van der Waals surface area (Å²) in [6, 6.07) is 0.212. The van der Waals surface area contributed by atoms with Gasteiger partial charge in [-0.25, -0.2) is 0 Å². The quantitative estimate of drug-likeness (QED) is 0.783. The summed E-state index contributed by atoms with van der Waals surface area (Å²) in [5.74, 6) is 0.632. The molecule has 0 saturated heterocycles. The highest BCUT2D eigenvalue weighted by molar-refractivity contribution is 5.09. The molecule has 1 aromatic rings. The van der Waals surface area contributed by atoms with E-state index < -0.39 is 5.60 Å². The lowest BCUT2D eigenvalue weighted by Gasteiger charge is -2.26. The lowest BCUT2D eigenvalue weighted by molar-refractivity contribution is 0.0430. The Labute approximate surface area is 110 Å². The summed E-state index contributed by atoms with van der Waals surface area (Å²) in [6.45, 7) is 8.97. The Kier molecular flexibility index (Phi) is 5.35. The molecule has 2 unspecified atom stereocenters. The minimum absolute atomic E-state index is 0.212. The van der Waals surface area contributed by atoms with Gasteiger partial charge in [0.15, 0.2) is 0 Å². The van der Waals surface area contributed by atoms with E-state index >= 15 is 0 Å². The molecule has 4 nitrogen and oxygen atoms in total. The van der Waals surface area contributed by atoms with Crippen LogP contribution in [0.5, 0.6) is 0 Å². The molecule has 0 aromatic carbocycles. The minimum atomic E-state index is -0.638. The summed E-state index contributed by atoms with van der Waals surface area (Å²) < 4.78 is 1.80. The van der Waals surface area contributed by atoms with E-state index in [-0.39, 0.29) is 6.04 Å². The van der Waals surface area contributed by atoms with E-state index in [4.69, 9.17) is 0 Å². The Balaban J connectivity index is 2.39. The Morgan fingerprint density at radius 2 is 2.11 bits per heavy atom. The van der Waals surface area contributed by atoms with Crippen molar-refractivity contribution in [1.82, 2.24) is 15.1 Å². The monoisotopic (exact) mass is 253 g/mol. The number of nitrogens with one attached hydrogen (secondary N) is 1. The van der Waals surface area contributed by atoms with Crippen molar-refractivity contribution in [3.05, 3.63) is 18.0 Å². The third kappa shape index (κ3) is 5.19. The molecule has 1 aromatic heterocycles. The molecule has 0 aliphatic carbocycles. The van der Waals surface area contributed by atoms with E-state index in [0.29, 0.717) is 12.5 Å². The number of nitrogens with zero attached hydrogens (tertiary/aromatic N) is 2. The first-order valence-electron chi connectivity index (χ1n) is 6.74. The van der Waals surface area contributed by atoms with Crippen LogP contribution in [0.25, 0.3) is 0 Å². The van der Waals surface area contributed by atoms with Crippen molar-refractivity contribution in [2.24, 2.45) is 13.0 Å². The van der Waals surface area contributed by atoms with Gasteiger partial charge in [0.1, 0.15) is 0 Å². The van der Waals surface area contributed by atoms with Gasteiger partial charge in [-0.2, -0.15) is 5.10 Å². The molecule has 2 atom stereocenters. The fourth-order valence-corrected chi connectivity index (χ4v) is 1.84. The van der Waals surface area contributed by atoms with Crippen molar-refractivity contribution < 1.29 is 5.11 Å². The number of rotatable bonds is 7. The number of aliphatic hydroxyl groups is 1. The molecule has 18 heavy (non-hydrogen) atoms. The number of aromatic nitrogens is 2. The summed E-state index contributed by atoms with van der Waals surface area (Å²) in [6.07, 6.45) is 5.74. The average Bonchev–Trinajstić information content (AvgIpc) is 2.70. The first-order chi connectivity index (χ1) is 8.30. The summed E-state index contributed by atoms with van der Waals surface area (Å²) in [5, 5.41) is 17.8. The summed E-state index contributed by atoms with van der Waals surface area (Å²) in [5.41, 5.74) is 0.512. The third-order valence-corrected chi connectivity index (χ3v) is 3.27. The topological polar surface area (TPSA) is 50.1 Å². The Bertz CT molecular complexity index is 358. The molecule has 0 radical (unpaired) electrons. The van der Waals surface area contributed by atoms with Gasteiger partial charge in [-0.05, 0) is 32.6 Å². The predicted molar refractivity (Wildman–Crippen MR) is 74.3 cm³/mol. The van der Waals surface area contributed by atoms with Gasteiger partial charge in [-0.3, -0.25) is 4.68 Å². The SMILES string of the molecule is CC(C)CCC(C)(O)CNC(C)c1cnn(C)c1. The van der Waals surface area contributed by atoms with Gasteiger partial charge < -0.3 is 10.4 Å². The van der Waals surface area contributed by atoms with Gasteiger partial charge in [-0.1, -0.05) is 13.8 Å². The van der Waals surface area contributed by atoms with E-state index in [1.54, 1.807) is 4.68 Å². The fraction of sp³-hybridized carbons (Fsp3) is 0.786. The first kappa shape index (κ1) is 15.2. The molecular weight excluding hydrogens is 226 g/mol. The number of hydrogen-bond donors (Lipinski definition) is 2. The van der Waals surface area contributed by atoms with Crippen LogP contribution in [0.4, 0.5) is 0 Å². The van der Waals surface area contributed by atoms with Crippen molar-refractivity contribution in [3.63, 3.8) is 0 Å². The number of aryl methyl sites for hydroxylation is 1. The molecule has 0 fully saturated rings. The predicted octanol–water partition coefficient (Wildman–Crippen LogP) is 2.26. The minimum Gasteiger partial charge on any atom is -0.389 e. The van der Waals surface area contributed by atoms with Crippen molar-refractivity contribution in [3.8, 4) is 0 Å². The summed E-state index contributed by atoms with van der Waals surface area (Å²) in [7, 11) is 1.91. The zero-order valence-corrected chi connectivity index (χ0v) is 12.3. The molecular formula is C14H27N3O. The van der Waals surface area contributed by atoms with Crippen molar-refractivity contribution in [1.29, 1.82) is 0 Å². The van der Waals surface area contributed by atoms with E-state index in [2.05, 4.69) is 31.2 Å². The molecule has 0 saturated carbocycles. The maximum absolute atomic E-state index is 10.3. The zero-order chi connectivity index (χ0) is 13.8. The Hall–Kier alpha value is -0.870. The molecule has 2 N–H and O–H groups in total. The number of hydrogen-bond acceptors (Lipinski definition) is 3. The van der Waals surface area contributed by atoms with Crippen LogP contribution in [0.2, 0.25) is 0 Å². The lowest BCUT2D eigenvalue weighted by atomic mass is 9.95. The molecule has 1 rings (SSSR count). The maximum atomic E-state index is 10.3. The molecule has 4 heteroatoms.